The molecule has 4 nitrogen and oxygen atoms in total. The Balaban J connectivity index is 1.79. The molecule has 1 aromatic carbocycles. The lowest BCUT2D eigenvalue weighted by Gasteiger charge is -2.51. The van der Waals surface area contributed by atoms with Gasteiger partial charge in [0.2, 0.25) is 0 Å². The standard InChI is InChI=1S/C21H29F2NO3/c1-13-8-9-14(18(23)17(13)22)10-21(26)11-15-6-5-7-16(12-21)24(15)19(25)27-20(2,3)4/h8-9,15-16,26H,5-7,10-12H2,1-4H3. The molecule has 1 amide bonds. The average molecular weight is 381 g/mol. The maximum absolute atomic E-state index is 14.3. The van der Waals surface area contributed by atoms with Gasteiger partial charge in [0.05, 0.1) is 5.60 Å². The molecule has 2 saturated heterocycles. The Morgan fingerprint density at radius 2 is 1.81 bits per heavy atom. The molecule has 2 fully saturated rings. The van der Waals surface area contributed by atoms with Gasteiger partial charge < -0.3 is 14.7 Å². The number of piperidine rings is 2. The summed E-state index contributed by atoms with van der Waals surface area (Å²) in [5.41, 5.74) is -1.30. The fraction of sp³-hybridized carbons (Fsp3) is 0.667. The number of aryl methyl sites for hydroxylation is 1. The first-order valence-corrected chi connectivity index (χ1v) is 9.66. The first-order chi connectivity index (χ1) is 12.5. The van der Waals surface area contributed by atoms with Crippen molar-refractivity contribution in [1.29, 1.82) is 0 Å². The fourth-order valence-electron chi connectivity index (χ4n) is 4.46. The van der Waals surface area contributed by atoms with Crippen LogP contribution >= 0.6 is 0 Å². The highest BCUT2D eigenvalue weighted by molar-refractivity contribution is 5.69. The van der Waals surface area contributed by atoms with E-state index in [9.17, 15) is 18.7 Å². The van der Waals surface area contributed by atoms with E-state index in [1.165, 1.54) is 13.0 Å². The molecule has 2 aliphatic rings. The van der Waals surface area contributed by atoms with Gasteiger partial charge >= 0.3 is 6.09 Å². The predicted molar refractivity (Wildman–Crippen MR) is 98.5 cm³/mol. The molecule has 2 atom stereocenters. The molecule has 27 heavy (non-hydrogen) atoms. The number of aliphatic hydroxyl groups is 1. The minimum absolute atomic E-state index is 0.0468. The average Bonchev–Trinajstić information content (AvgIpc) is 2.53. The van der Waals surface area contributed by atoms with Crippen LogP contribution in [-0.4, -0.2) is 39.4 Å². The monoisotopic (exact) mass is 381 g/mol. The van der Waals surface area contributed by atoms with Crippen molar-refractivity contribution in [2.75, 3.05) is 0 Å². The molecule has 3 rings (SSSR count). The SMILES string of the molecule is Cc1ccc(CC2(O)CC3CCCC(C2)N3C(=O)OC(C)(C)C)c(F)c1F. The Bertz CT molecular complexity index is 715. The number of hydrogen-bond donors (Lipinski definition) is 1. The lowest BCUT2D eigenvalue weighted by molar-refractivity contribution is -0.0922. The van der Waals surface area contributed by atoms with E-state index in [-0.39, 0.29) is 35.7 Å². The number of ether oxygens (including phenoxy) is 1. The molecular formula is C21H29F2NO3. The van der Waals surface area contributed by atoms with E-state index in [1.807, 2.05) is 20.8 Å². The van der Waals surface area contributed by atoms with Crippen LogP contribution in [0, 0.1) is 18.6 Å². The Morgan fingerprint density at radius 1 is 1.22 bits per heavy atom. The van der Waals surface area contributed by atoms with Crippen LogP contribution < -0.4 is 0 Å². The first kappa shape index (κ1) is 20.1. The van der Waals surface area contributed by atoms with E-state index >= 15 is 0 Å². The molecule has 2 bridgehead atoms. The molecule has 2 heterocycles. The summed E-state index contributed by atoms with van der Waals surface area (Å²) in [6, 6.07) is 2.79. The highest BCUT2D eigenvalue weighted by atomic mass is 19.2. The van der Waals surface area contributed by atoms with Gasteiger partial charge in [-0.1, -0.05) is 12.1 Å². The van der Waals surface area contributed by atoms with Crippen LogP contribution in [0.5, 0.6) is 0 Å². The van der Waals surface area contributed by atoms with Gasteiger partial charge in [0.15, 0.2) is 11.6 Å². The molecule has 2 unspecified atom stereocenters. The lowest BCUT2D eigenvalue weighted by Crippen LogP contribution is -2.61. The predicted octanol–water partition coefficient (Wildman–Crippen LogP) is 4.50. The zero-order valence-corrected chi connectivity index (χ0v) is 16.5. The van der Waals surface area contributed by atoms with Crippen molar-refractivity contribution in [3.05, 3.63) is 34.9 Å². The number of hydrogen-bond acceptors (Lipinski definition) is 3. The van der Waals surface area contributed by atoms with Crippen molar-refractivity contribution in [3.8, 4) is 0 Å². The molecule has 6 heteroatoms. The van der Waals surface area contributed by atoms with Gasteiger partial charge in [0.1, 0.15) is 5.60 Å². The van der Waals surface area contributed by atoms with Gasteiger partial charge in [0, 0.05) is 18.5 Å². The second-order valence-corrected chi connectivity index (χ2v) is 9.11. The molecule has 150 valence electrons. The summed E-state index contributed by atoms with van der Waals surface area (Å²) in [4.78, 5) is 14.4. The summed E-state index contributed by atoms with van der Waals surface area (Å²) in [5.74, 6) is -1.74. The van der Waals surface area contributed by atoms with Crippen LogP contribution in [0.3, 0.4) is 0 Å². The quantitative estimate of drug-likeness (QED) is 0.821. The van der Waals surface area contributed by atoms with Crippen molar-refractivity contribution >= 4 is 6.09 Å². The lowest BCUT2D eigenvalue weighted by atomic mass is 9.73. The molecule has 1 aromatic rings. The van der Waals surface area contributed by atoms with E-state index in [0.29, 0.717) is 12.8 Å². The topological polar surface area (TPSA) is 49.8 Å². The number of nitrogens with zero attached hydrogens (tertiary/aromatic N) is 1. The van der Waals surface area contributed by atoms with Gasteiger partial charge in [-0.15, -0.1) is 0 Å². The maximum atomic E-state index is 14.3. The summed E-state index contributed by atoms with van der Waals surface area (Å²) in [5, 5.41) is 11.2. The van der Waals surface area contributed by atoms with Crippen molar-refractivity contribution in [2.45, 2.75) is 89.5 Å². The summed E-state index contributed by atoms with van der Waals surface area (Å²) in [7, 11) is 0. The molecule has 0 radical (unpaired) electrons. The van der Waals surface area contributed by atoms with Crippen molar-refractivity contribution in [1.82, 2.24) is 4.90 Å². The van der Waals surface area contributed by atoms with Crippen molar-refractivity contribution in [2.24, 2.45) is 0 Å². The third-order valence-electron chi connectivity index (χ3n) is 5.57. The second-order valence-electron chi connectivity index (χ2n) is 9.11. The van der Waals surface area contributed by atoms with E-state index in [1.54, 1.807) is 11.0 Å². The second kappa shape index (κ2) is 7.04. The van der Waals surface area contributed by atoms with Crippen LogP contribution in [0.4, 0.5) is 13.6 Å². The Hall–Kier alpha value is -1.69. The van der Waals surface area contributed by atoms with Gasteiger partial charge in [0.25, 0.3) is 0 Å². The number of carbonyl (C=O) groups is 1. The number of halogens is 2. The van der Waals surface area contributed by atoms with Crippen molar-refractivity contribution < 1.29 is 23.4 Å². The number of rotatable bonds is 2. The molecule has 1 N–H and O–H groups in total. The van der Waals surface area contributed by atoms with E-state index < -0.39 is 22.8 Å². The van der Waals surface area contributed by atoms with Crippen LogP contribution in [-0.2, 0) is 11.2 Å². The van der Waals surface area contributed by atoms with Gasteiger partial charge in [-0.2, -0.15) is 0 Å². The summed E-state index contributed by atoms with van der Waals surface area (Å²) >= 11 is 0. The van der Waals surface area contributed by atoms with E-state index in [2.05, 4.69) is 0 Å². The van der Waals surface area contributed by atoms with Crippen LogP contribution in [0.25, 0.3) is 0 Å². The van der Waals surface area contributed by atoms with Crippen molar-refractivity contribution in [3.63, 3.8) is 0 Å². The molecule has 0 saturated carbocycles. The summed E-state index contributed by atoms with van der Waals surface area (Å²) in [6.07, 6.45) is 2.93. The molecule has 0 aromatic heterocycles. The number of fused-ring (bicyclic) bond motifs is 2. The van der Waals surface area contributed by atoms with Crippen LogP contribution in [0.2, 0.25) is 0 Å². The highest BCUT2D eigenvalue weighted by Crippen LogP contribution is 2.41. The van der Waals surface area contributed by atoms with E-state index in [0.717, 1.165) is 19.3 Å². The molecule has 0 spiro atoms. The van der Waals surface area contributed by atoms with Crippen LogP contribution in [0.1, 0.15) is 64.0 Å². The van der Waals surface area contributed by atoms with Gasteiger partial charge in [-0.05, 0) is 70.9 Å². The third-order valence-corrected chi connectivity index (χ3v) is 5.57. The Kier molecular flexibility index (Phi) is 5.23. The zero-order chi connectivity index (χ0) is 20.0. The normalized spacial score (nSPS) is 28.2. The largest absolute Gasteiger partial charge is 0.444 e. The zero-order valence-electron chi connectivity index (χ0n) is 16.5. The number of amides is 1. The smallest absolute Gasteiger partial charge is 0.410 e. The minimum Gasteiger partial charge on any atom is -0.444 e. The summed E-state index contributed by atoms with van der Waals surface area (Å²) in [6.45, 7) is 7.00. The third kappa shape index (κ3) is 4.26. The molecular weight excluding hydrogens is 352 g/mol. The Morgan fingerprint density at radius 3 is 2.37 bits per heavy atom. The fourth-order valence-corrected chi connectivity index (χ4v) is 4.46. The Labute approximate surface area is 159 Å². The van der Waals surface area contributed by atoms with Crippen LogP contribution in [0.15, 0.2) is 12.1 Å². The summed E-state index contributed by atoms with van der Waals surface area (Å²) < 4.78 is 33.7. The minimum atomic E-state index is -1.16. The number of benzene rings is 1. The molecule has 0 aliphatic carbocycles. The number of carbonyl (C=O) groups excluding carboxylic acids is 1. The molecule has 2 aliphatic heterocycles. The highest BCUT2D eigenvalue weighted by Gasteiger charge is 2.48. The van der Waals surface area contributed by atoms with Gasteiger partial charge in [-0.3, -0.25) is 0 Å². The first-order valence-electron chi connectivity index (χ1n) is 9.66. The maximum Gasteiger partial charge on any atom is 0.410 e. The van der Waals surface area contributed by atoms with Gasteiger partial charge in [-0.25, -0.2) is 13.6 Å². The van der Waals surface area contributed by atoms with E-state index in [4.69, 9.17) is 4.74 Å².